The van der Waals surface area contributed by atoms with E-state index in [1.807, 2.05) is 48.5 Å². The van der Waals surface area contributed by atoms with Gasteiger partial charge in [-0.2, -0.15) is 0 Å². The summed E-state index contributed by atoms with van der Waals surface area (Å²) in [6.45, 7) is 3.54. The summed E-state index contributed by atoms with van der Waals surface area (Å²) in [6.07, 6.45) is 0.307. The van der Waals surface area contributed by atoms with Crippen LogP contribution in [0.1, 0.15) is 34.8 Å². The lowest BCUT2D eigenvalue weighted by atomic mass is 9.76. The maximum atomic E-state index is 12.3. The molecule has 7 nitrogen and oxygen atoms in total. The molecule has 0 amide bonds. The predicted molar refractivity (Wildman–Crippen MR) is 134 cm³/mol. The van der Waals surface area contributed by atoms with E-state index in [-0.39, 0.29) is 23.8 Å². The number of carbonyl (C=O) groups excluding carboxylic acids is 2. The number of methoxy groups -OCH3 is 1. The van der Waals surface area contributed by atoms with Gasteiger partial charge in [-0.25, -0.2) is 0 Å². The van der Waals surface area contributed by atoms with E-state index in [1.54, 1.807) is 38.3 Å². The molecule has 1 aliphatic heterocycles. The molecular weight excluding hydrogens is 460 g/mol. The van der Waals surface area contributed by atoms with Crippen LogP contribution < -0.4 is 14.2 Å². The first-order valence-electron chi connectivity index (χ1n) is 11.9. The number of esters is 1. The molecule has 4 rings (SSSR count). The molecule has 1 aliphatic rings. The van der Waals surface area contributed by atoms with Crippen LogP contribution in [0.15, 0.2) is 72.8 Å². The third-order valence-corrected chi connectivity index (χ3v) is 6.12. The molecule has 1 fully saturated rings. The van der Waals surface area contributed by atoms with Crippen molar-refractivity contribution in [3.8, 4) is 17.2 Å². The molecule has 0 aliphatic carbocycles. The van der Waals surface area contributed by atoms with E-state index in [0.717, 1.165) is 16.9 Å². The maximum absolute atomic E-state index is 12.3. The normalized spacial score (nSPS) is 13.8. The summed E-state index contributed by atoms with van der Waals surface area (Å²) < 4.78 is 27.2. The zero-order valence-electron chi connectivity index (χ0n) is 20.5. The Morgan fingerprint density at radius 1 is 0.833 bits per heavy atom. The highest BCUT2D eigenvalue weighted by molar-refractivity contribution is 5.97. The molecule has 1 heterocycles. The quantitative estimate of drug-likeness (QED) is 0.268. The Morgan fingerprint density at radius 2 is 1.44 bits per heavy atom. The molecule has 1 saturated heterocycles. The molecule has 0 radical (unpaired) electrons. The first kappa shape index (κ1) is 25.3. The van der Waals surface area contributed by atoms with Crippen LogP contribution in [0, 0.1) is 0 Å². The summed E-state index contributed by atoms with van der Waals surface area (Å²) in [5.41, 5.74) is 2.26. The lowest BCUT2D eigenvalue weighted by Crippen LogP contribution is -2.48. The molecule has 0 atom stereocenters. The van der Waals surface area contributed by atoms with Crippen molar-refractivity contribution in [2.75, 3.05) is 33.5 Å². The zero-order valence-corrected chi connectivity index (χ0v) is 20.5. The minimum absolute atomic E-state index is 0.0444. The van der Waals surface area contributed by atoms with Crippen LogP contribution >= 0.6 is 0 Å². The number of ether oxygens (including phenoxy) is 5. The Bertz CT molecular complexity index is 1150. The van der Waals surface area contributed by atoms with E-state index in [9.17, 15) is 9.59 Å². The van der Waals surface area contributed by atoms with Gasteiger partial charge in [0.15, 0.2) is 12.4 Å². The summed E-state index contributed by atoms with van der Waals surface area (Å²) in [5.74, 6) is 1.73. The van der Waals surface area contributed by atoms with Crippen molar-refractivity contribution in [1.82, 2.24) is 0 Å². The SMILES string of the molecule is CCOC(=O)CC1(c2ccc(OCc3ccc(OCC(=O)c4ccc(OC)cc4)cc3)cc2)COC1. The smallest absolute Gasteiger partial charge is 0.306 e. The van der Waals surface area contributed by atoms with Gasteiger partial charge in [0.25, 0.3) is 0 Å². The summed E-state index contributed by atoms with van der Waals surface area (Å²) in [6, 6.07) is 22.2. The van der Waals surface area contributed by atoms with Crippen molar-refractivity contribution < 1.29 is 33.3 Å². The molecule has 0 N–H and O–H groups in total. The number of benzene rings is 3. The molecule has 0 bridgehead atoms. The van der Waals surface area contributed by atoms with Crippen molar-refractivity contribution in [2.24, 2.45) is 0 Å². The fraction of sp³-hybridized carbons (Fsp3) is 0.310. The number of carbonyl (C=O) groups is 2. The van der Waals surface area contributed by atoms with E-state index < -0.39 is 0 Å². The third-order valence-electron chi connectivity index (χ3n) is 6.12. The first-order chi connectivity index (χ1) is 17.5. The minimum Gasteiger partial charge on any atom is -0.497 e. The molecule has 188 valence electrons. The highest BCUT2D eigenvalue weighted by Gasteiger charge is 2.42. The number of rotatable bonds is 12. The fourth-order valence-electron chi connectivity index (χ4n) is 3.97. The Kier molecular flexibility index (Phi) is 8.23. The van der Waals surface area contributed by atoms with Gasteiger partial charge in [-0.15, -0.1) is 0 Å². The predicted octanol–water partition coefficient (Wildman–Crippen LogP) is 4.76. The molecule has 3 aromatic rings. The Morgan fingerprint density at radius 3 is 2.03 bits per heavy atom. The van der Waals surface area contributed by atoms with Crippen LogP contribution in [-0.4, -0.2) is 45.3 Å². The fourth-order valence-corrected chi connectivity index (χ4v) is 3.97. The van der Waals surface area contributed by atoms with E-state index >= 15 is 0 Å². The molecule has 36 heavy (non-hydrogen) atoms. The summed E-state index contributed by atoms with van der Waals surface area (Å²) in [4.78, 5) is 24.3. The molecule has 7 heteroatoms. The van der Waals surface area contributed by atoms with E-state index in [4.69, 9.17) is 23.7 Å². The highest BCUT2D eigenvalue weighted by atomic mass is 16.5. The average Bonchev–Trinajstić information content (AvgIpc) is 2.89. The van der Waals surface area contributed by atoms with Gasteiger partial charge < -0.3 is 23.7 Å². The van der Waals surface area contributed by atoms with E-state index in [2.05, 4.69) is 0 Å². The van der Waals surface area contributed by atoms with Gasteiger partial charge in [0.1, 0.15) is 23.9 Å². The van der Waals surface area contributed by atoms with Gasteiger partial charge in [-0.05, 0) is 66.6 Å². The van der Waals surface area contributed by atoms with Gasteiger partial charge in [0.05, 0.1) is 38.8 Å². The van der Waals surface area contributed by atoms with E-state index in [1.165, 1.54) is 0 Å². The first-order valence-corrected chi connectivity index (χ1v) is 11.9. The zero-order chi connectivity index (χ0) is 25.4. The second kappa shape index (κ2) is 11.7. The number of ketones is 1. The van der Waals surface area contributed by atoms with Gasteiger partial charge >= 0.3 is 5.97 Å². The standard InChI is InChI=1S/C29H30O7/c1-3-34-28(31)16-29(19-33-20-29)23-8-14-26(15-9-23)35-17-21-4-10-25(11-5-21)36-18-27(30)22-6-12-24(32-2)13-7-22/h4-15H,3,16-20H2,1-2H3. The van der Waals surface area contributed by atoms with Gasteiger partial charge in [0.2, 0.25) is 0 Å². The third kappa shape index (κ3) is 6.23. The maximum Gasteiger partial charge on any atom is 0.306 e. The topological polar surface area (TPSA) is 80.3 Å². The van der Waals surface area contributed by atoms with Crippen LogP contribution in [-0.2, 0) is 26.3 Å². The van der Waals surface area contributed by atoms with Gasteiger partial charge in [-0.1, -0.05) is 24.3 Å². The van der Waals surface area contributed by atoms with Crippen molar-refractivity contribution >= 4 is 11.8 Å². The van der Waals surface area contributed by atoms with Crippen molar-refractivity contribution in [1.29, 1.82) is 0 Å². The van der Waals surface area contributed by atoms with Gasteiger partial charge in [0, 0.05) is 5.56 Å². The lowest BCUT2D eigenvalue weighted by molar-refractivity contribution is -0.151. The van der Waals surface area contributed by atoms with Crippen molar-refractivity contribution in [2.45, 2.75) is 25.4 Å². The second-order valence-electron chi connectivity index (χ2n) is 8.65. The molecule has 3 aromatic carbocycles. The van der Waals surface area contributed by atoms with Crippen LogP contribution in [0.25, 0.3) is 0 Å². The Balaban J connectivity index is 1.26. The van der Waals surface area contributed by atoms with Gasteiger partial charge in [-0.3, -0.25) is 9.59 Å². The molecule has 0 unspecified atom stereocenters. The number of hydrogen-bond acceptors (Lipinski definition) is 7. The molecular formula is C29H30O7. The molecule has 0 spiro atoms. The largest absolute Gasteiger partial charge is 0.497 e. The number of Topliss-reactive ketones (excluding diaryl/α,β-unsaturated/α-hetero) is 1. The lowest BCUT2D eigenvalue weighted by Gasteiger charge is -2.41. The van der Waals surface area contributed by atoms with Crippen molar-refractivity contribution in [3.05, 3.63) is 89.5 Å². The molecule has 0 aromatic heterocycles. The number of hydrogen-bond donors (Lipinski definition) is 0. The summed E-state index contributed by atoms with van der Waals surface area (Å²) >= 11 is 0. The van der Waals surface area contributed by atoms with Crippen LogP contribution in [0.5, 0.6) is 17.2 Å². The summed E-state index contributed by atoms with van der Waals surface area (Å²) in [5, 5.41) is 0. The van der Waals surface area contributed by atoms with Crippen LogP contribution in [0.4, 0.5) is 0 Å². The second-order valence-corrected chi connectivity index (χ2v) is 8.65. The molecule has 0 saturated carbocycles. The Labute approximate surface area is 210 Å². The Hall–Kier alpha value is -3.84. The monoisotopic (exact) mass is 490 g/mol. The van der Waals surface area contributed by atoms with Crippen molar-refractivity contribution in [3.63, 3.8) is 0 Å². The van der Waals surface area contributed by atoms with E-state index in [0.29, 0.717) is 49.9 Å². The minimum atomic E-state index is -0.324. The average molecular weight is 491 g/mol. The summed E-state index contributed by atoms with van der Waals surface area (Å²) in [7, 11) is 1.58. The van der Waals surface area contributed by atoms with Crippen LogP contribution in [0.3, 0.4) is 0 Å². The van der Waals surface area contributed by atoms with Crippen LogP contribution in [0.2, 0.25) is 0 Å². The highest BCUT2D eigenvalue weighted by Crippen LogP contribution is 2.37.